The molecule has 4 amide bonds. The van der Waals surface area contributed by atoms with E-state index in [0.29, 0.717) is 22.4 Å². The summed E-state index contributed by atoms with van der Waals surface area (Å²) in [5.74, 6) is -2.82. The van der Waals surface area contributed by atoms with E-state index in [1.165, 1.54) is 43.7 Å². The van der Waals surface area contributed by atoms with Crippen LogP contribution in [0.1, 0.15) is 29.3 Å². The number of Topliss-reactive ketones (excluding diaryl/α,β-unsaturated/α-hetero) is 1. The molecule has 5 aromatic rings. The molecule has 0 saturated carbocycles. The van der Waals surface area contributed by atoms with Gasteiger partial charge in [-0.05, 0) is 60.4 Å². The number of fused-ring (bicyclic) bond motifs is 1. The zero-order valence-electron chi connectivity index (χ0n) is 29.0. The number of nitrogens with zero attached hydrogens (tertiary/aromatic N) is 1. The van der Waals surface area contributed by atoms with E-state index < -0.39 is 47.8 Å². The summed E-state index contributed by atoms with van der Waals surface area (Å²) in [6.07, 6.45) is 4.81. The minimum absolute atomic E-state index is 0.00761. The van der Waals surface area contributed by atoms with E-state index in [-0.39, 0.29) is 49.5 Å². The van der Waals surface area contributed by atoms with Crippen LogP contribution in [0, 0.1) is 0 Å². The number of carbonyl (C=O) groups is 5. The van der Waals surface area contributed by atoms with Gasteiger partial charge in [-0.2, -0.15) is 0 Å². The number of ketones is 1. The molecule has 0 radical (unpaired) electrons. The number of amides is 4. The molecule has 0 saturated heterocycles. The Morgan fingerprint density at radius 3 is 1.87 bits per heavy atom. The second kappa shape index (κ2) is 17.6. The largest absolute Gasteiger partial charge is 0.508 e. The van der Waals surface area contributed by atoms with Gasteiger partial charge < -0.3 is 47.2 Å². The first-order valence-electron chi connectivity index (χ1n) is 17.0. The number of aromatic amines is 2. The molecule has 0 aliphatic rings. The molecular formula is C38H42N8O7. The van der Waals surface area contributed by atoms with Crippen LogP contribution in [0.3, 0.4) is 0 Å². The van der Waals surface area contributed by atoms with Gasteiger partial charge in [-0.25, -0.2) is 4.98 Å². The highest BCUT2D eigenvalue weighted by atomic mass is 16.3. The number of aromatic nitrogens is 3. The molecule has 0 aliphatic heterocycles. The van der Waals surface area contributed by atoms with Crippen molar-refractivity contribution in [3.05, 3.63) is 114 Å². The summed E-state index contributed by atoms with van der Waals surface area (Å²) in [5.41, 5.74) is 9.61. The third-order valence-corrected chi connectivity index (χ3v) is 8.59. The highest BCUT2D eigenvalue weighted by molar-refractivity contribution is 5.96. The third kappa shape index (κ3) is 10.8. The van der Waals surface area contributed by atoms with Gasteiger partial charge in [0.1, 0.15) is 35.4 Å². The van der Waals surface area contributed by atoms with E-state index in [1.54, 1.807) is 30.5 Å². The molecule has 0 aliphatic carbocycles. The summed E-state index contributed by atoms with van der Waals surface area (Å²) in [7, 11) is 0. The molecule has 5 rings (SSSR count). The maximum absolute atomic E-state index is 14.2. The Kier molecular flexibility index (Phi) is 12.6. The number of rotatable bonds is 17. The van der Waals surface area contributed by atoms with Crippen LogP contribution in [0.25, 0.3) is 10.9 Å². The number of hydrogen-bond acceptors (Lipinski definition) is 9. The number of nitrogens with one attached hydrogen (secondary N) is 6. The monoisotopic (exact) mass is 722 g/mol. The summed E-state index contributed by atoms with van der Waals surface area (Å²) < 4.78 is 0. The molecule has 15 heteroatoms. The number of carbonyl (C=O) groups excluding carboxylic acids is 5. The SMILES string of the molecule is CC(=O)CNC(=O)C(Cc1ccc(O)cc1)NC(=O)C(Cc1c[nH]c2ccccc12)NC(=O)C(Cc1cnc[nH]1)NC(=O)C(N)Cc1ccc(O)cc1. The molecule has 2 heterocycles. The Labute approximate surface area is 304 Å². The van der Waals surface area contributed by atoms with E-state index in [0.717, 1.165) is 10.9 Å². The molecule has 276 valence electrons. The van der Waals surface area contributed by atoms with Crippen molar-refractivity contribution in [2.75, 3.05) is 6.54 Å². The van der Waals surface area contributed by atoms with Gasteiger partial charge in [-0.15, -0.1) is 0 Å². The van der Waals surface area contributed by atoms with E-state index in [2.05, 4.69) is 36.2 Å². The molecule has 4 atom stereocenters. The smallest absolute Gasteiger partial charge is 0.243 e. The van der Waals surface area contributed by atoms with Gasteiger partial charge in [0, 0.05) is 48.3 Å². The zero-order valence-corrected chi connectivity index (χ0v) is 29.0. The van der Waals surface area contributed by atoms with Crippen molar-refractivity contribution in [1.82, 2.24) is 36.2 Å². The molecule has 10 N–H and O–H groups in total. The fourth-order valence-electron chi connectivity index (χ4n) is 5.77. The second-order valence-electron chi connectivity index (χ2n) is 12.8. The van der Waals surface area contributed by atoms with Crippen LogP contribution in [0.2, 0.25) is 0 Å². The average molecular weight is 723 g/mol. The van der Waals surface area contributed by atoms with Crippen LogP contribution in [0.15, 0.2) is 91.5 Å². The summed E-state index contributed by atoms with van der Waals surface area (Å²) in [6, 6.07) is 15.2. The minimum atomic E-state index is -1.24. The number of aromatic hydroxyl groups is 2. The first kappa shape index (κ1) is 37.8. The van der Waals surface area contributed by atoms with E-state index in [1.807, 2.05) is 24.3 Å². The molecule has 3 aromatic carbocycles. The van der Waals surface area contributed by atoms with Gasteiger partial charge in [0.15, 0.2) is 0 Å². The number of phenols is 2. The zero-order chi connectivity index (χ0) is 37.9. The fraction of sp³-hybridized carbons (Fsp3) is 0.263. The van der Waals surface area contributed by atoms with Crippen molar-refractivity contribution < 1.29 is 34.2 Å². The number of para-hydroxylation sites is 1. The summed E-state index contributed by atoms with van der Waals surface area (Å²) in [5, 5.41) is 31.0. The van der Waals surface area contributed by atoms with Crippen molar-refractivity contribution in [3.8, 4) is 11.5 Å². The van der Waals surface area contributed by atoms with Crippen molar-refractivity contribution in [1.29, 1.82) is 0 Å². The quantitative estimate of drug-likeness (QED) is 0.0665. The Morgan fingerprint density at radius 1 is 0.698 bits per heavy atom. The molecule has 0 bridgehead atoms. The summed E-state index contributed by atoms with van der Waals surface area (Å²) >= 11 is 0. The number of phenolic OH excluding ortho intramolecular Hbond substituents is 2. The van der Waals surface area contributed by atoms with Gasteiger partial charge in [0.25, 0.3) is 0 Å². The lowest BCUT2D eigenvalue weighted by molar-refractivity contribution is -0.134. The maximum Gasteiger partial charge on any atom is 0.243 e. The van der Waals surface area contributed by atoms with Crippen molar-refractivity contribution in [2.45, 2.75) is 56.8 Å². The molecule has 2 aromatic heterocycles. The van der Waals surface area contributed by atoms with E-state index >= 15 is 0 Å². The van der Waals surface area contributed by atoms with Crippen LogP contribution < -0.4 is 27.0 Å². The van der Waals surface area contributed by atoms with Crippen LogP contribution >= 0.6 is 0 Å². The van der Waals surface area contributed by atoms with Crippen LogP contribution in [0.4, 0.5) is 0 Å². The van der Waals surface area contributed by atoms with E-state index in [4.69, 9.17) is 5.73 Å². The normalized spacial score (nSPS) is 13.3. The number of hydrogen-bond donors (Lipinski definition) is 9. The topological polar surface area (TPSA) is 244 Å². The predicted molar refractivity (Wildman–Crippen MR) is 195 cm³/mol. The second-order valence-corrected chi connectivity index (χ2v) is 12.8. The number of H-pyrrole nitrogens is 2. The third-order valence-electron chi connectivity index (χ3n) is 8.59. The Bertz CT molecular complexity index is 2030. The molecule has 4 unspecified atom stereocenters. The van der Waals surface area contributed by atoms with Crippen molar-refractivity contribution in [2.24, 2.45) is 5.73 Å². The van der Waals surface area contributed by atoms with Gasteiger partial charge >= 0.3 is 0 Å². The van der Waals surface area contributed by atoms with Gasteiger partial charge in [-0.1, -0.05) is 42.5 Å². The average Bonchev–Trinajstić information content (AvgIpc) is 3.81. The lowest BCUT2D eigenvalue weighted by Gasteiger charge is -2.26. The number of benzene rings is 3. The Morgan fingerprint density at radius 2 is 1.26 bits per heavy atom. The first-order chi connectivity index (χ1) is 25.4. The highest BCUT2D eigenvalue weighted by Crippen LogP contribution is 2.20. The molecule has 0 spiro atoms. The van der Waals surface area contributed by atoms with Crippen LogP contribution in [-0.4, -0.2) is 85.3 Å². The number of imidazole rings is 1. The predicted octanol–water partition coefficient (Wildman–Crippen LogP) is 1.06. The minimum Gasteiger partial charge on any atom is -0.508 e. The van der Waals surface area contributed by atoms with E-state index in [9.17, 15) is 34.2 Å². The van der Waals surface area contributed by atoms with Gasteiger partial charge in [-0.3, -0.25) is 24.0 Å². The van der Waals surface area contributed by atoms with Gasteiger partial charge in [0.05, 0.1) is 18.9 Å². The molecule has 53 heavy (non-hydrogen) atoms. The Hall–Kier alpha value is -6.48. The summed E-state index contributed by atoms with van der Waals surface area (Å²) in [4.78, 5) is 76.7. The van der Waals surface area contributed by atoms with Crippen LogP contribution in [-0.2, 0) is 49.7 Å². The fourth-order valence-corrected chi connectivity index (χ4v) is 5.77. The lowest BCUT2D eigenvalue weighted by atomic mass is 10.0. The van der Waals surface area contributed by atoms with Crippen LogP contribution in [0.5, 0.6) is 11.5 Å². The maximum atomic E-state index is 14.2. The van der Waals surface area contributed by atoms with Crippen molar-refractivity contribution in [3.63, 3.8) is 0 Å². The highest BCUT2D eigenvalue weighted by Gasteiger charge is 2.32. The summed E-state index contributed by atoms with van der Waals surface area (Å²) in [6.45, 7) is 1.07. The number of nitrogens with two attached hydrogens (primary N) is 1. The lowest BCUT2D eigenvalue weighted by Crippen LogP contribution is -2.59. The molecular weight excluding hydrogens is 680 g/mol. The standard InChI is InChI=1S/C38H42N8O7/c1-22(47)18-42-36(51)32(15-24-8-12-28(49)13-9-24)45-37(52)33(16-25-19-41-31-5-3-2-4-29(25)31)46-38(53)34(17-26-20-40-21-43-26)44-35(50)30(39)14-23-6-10-27(48)11-7-23/h2-13,19-21,30,32-34,41,48-49H,14-18,39H2,1H3,(H,40,43)(H,42,51)(H,44,50)(H,45,52)(H,46,53). The first-order valence-corrected chi connectivity index (χ1v) is 17.0. The Balaban J connectivity index is 1.40. The molecule has 15 nitrogen and oxygen atoms in total. The van der Waals surface area contributed by atoms with Crippen molar-refractivity contribution >= 4 is 40.3 Å². The van der Waals surface area contributed by atoms with Gasteiger partial charge in [0.2, 0.25) is 23.6 Å². The molecule has 0 fully saturated rings.